The van der Waals surface area contributed by atoms with E-state index in [1.165, 1.54) is 12.4 Å². The molecule has 0 aliphatic carbocycles. The molecule has 1 saturated heterocycles. The van der Waals surface area contributed by atoms with Crippen LogP contribution in [0.4, 0.5) is 0 Å². The molecule has 0 N–H and O–H groups in total. The van der Waals surface area contributed by atoms with Crippen molar-refractivity contribution in [2.45, 2.75) is 25.9 Å². The number of ether oxygens (including phenoxy) is 1. The van der Waals surface area contributed by atoms with E-state index in [0.29, 0.717) is 29.6 Å². The monoisotopic (exact) mass is 322 g/mol. The molecule has 1 atom stereocenters. The van der Waals surface area contributed by atoms with Crippen LogP contribution in [-0.2, 0) is 0 Å². The largest absolute Gasteiger partial charge is 0.458 e. The van der Waals surface area contributed by atoms with Crippen molar-refractivity contribution >= 4 is 17.5 Å². The number of amides is 1. The Hall–Kier alpha value is -2.15. The molecule has 1 aliphatic heterocycles. The van der Waals surface area contributed by atoms with E-state index in [9.17, 15) is 4.79 Å². The van der Waals surface area contributed by atoms with Gasteiger partial charge in [0.1, 0.15) is 11.9 Å². The summed E-state index contributed by atoms with van der Waals surface area (Å²) < 4.78 is 10.7. The van der Waals surface area contributed by atoms with Crippen molar-refractivity contribution in [1.82, 2.24) is 20.0 Å². The third-order valence-corrected chi connectivity index (χ3v) is 3.58. The Morgan fingerprint density at radius 1 is 1.45 bits per heavy atom. The van der Waals surface area contributed by atoms with Gasteiger partial charge in [-0.15, -0.1) is 0 Å². The molecule has 22 heavy (non-hydrogen) atoms. The lowest BCUT2D eigenvalue weighted by Crippen LogP contribution is -2.44. The van der Waals surface area contributed by atoms with Crippen LogP contribution in [-0.4, -0.2) is 45.1 Å². The molecule has 0 aromatic carbocycles. The van der Waals surface area contributed by atoms with Crippen LogP contribution in [0.5, 0.6) is 6.01 Å². The summed E-state index contributed by atoms with van der Waals surface area (Å²) in [7, 11) is 0. The fourth-order valence-electron chi connectivity index (χ4n) is 2.36. The highest BCUT2D eigenvalue weighted by atomic mass is 35.5. The molecule has 8 heteroatoms. The third-order valence-electron chi connectivity index (χ3n) is 3.38. The van der Waals surface area contributed by atoms with Gasteiger partial charge in [-0.25, -0.2) is 9.97 Å². The Balaban J connectivity index is 1.63. The predicted octanol–water partition coefficient (Wildman–Crippen LogP) is 2.11. The fourth-order valence-corrected chi connectivity index (χ4v) is 2.46. The summed E-state index contributed by atoms with van der Waals surface area (Å²) in [4.78, 5) is 22.1. The van der Waals surface area contributed by atoms with Crippen molar-refractivity contribution in [2.24, 2.45) is 0 Å². The Bertz CT molecular complexity index is 658. The SMILES string of the molecule is Cc1cc(C(=O)N2CCC[C@H](Oc3ncc(Cl)cn3)C2)no1. The van der Waals surface area contributed by atoms with E-state index in [4.69, 9.17) is 20.9 Å². The summed E-state index contributed by atoms with van der Waals surface area (Å²) in [6, 6.07) is 1.90. The van der Waals surface area contributed by atoms with Crippen LogP contribution in [0.15, 0.2) is 23.0 Å². The van der Waals surface area contributed by atoms with Crippen molar-refractivity contribution < 1.29 is 14.1 Å². The first kappa shape index (κ1) is 14.8. The summed E-state index contributed by atoms with van der Waals surface area (Å²) in [5.74, 6) is 0.463. The van der Waals surface area contributed by atoms with E-state index in [1.54, 1.807) is 17.9 Å². The molecule has 1 aliphatic rings. The molecule has 0 bridgehead atoms. The van der Waals surface area contributed by atoms with Crippen LogP contribution in [0.1, 0.15) is 29.1 Å². The van der Waals surface area contributed by atoms with E-state index in [0.717, 1.165) is 12.8 Å². The topological polar surface area (TPSA) is 81.4 Å². The molecule has 2 aromatic heterocycles. The standard InChI is InChI=1S/C14H15ClN4O3/c1-9-5-12(18-22-9)13(20)19-4-2-3-11(8-19)21-14-16-6-10(15)7-17-14/h5-7,11H,2-4,8H2,1H3/t11-/m0/s1. The number of halogens is 1. The number of piperidine rings is 1. The number of nitrogens with zero attached hydrogens (tertiary/aromatic N) is 4. The lowest BCUT2D eigenvalue weighted by atomic mass is 10.1. The van der Waals surface area contributed by atoms with Crippen LogP contribution in [0.3, 0.4) is 0 Å². The van der Waals surface area contributed by atoms with Gasteiger partial charge in [0, 0.05) is 12.6 Å². The molecule has 2 aromatic rings. The van der Waals surface area contributed by atoms with Gasteiger partial charge in [0.15, 0.2) is 5.69 Å². The highest BCUT2D eigenvalue weighted by Crippen LogP contribution is 2.18. The van der Waals surface area contributed by atoms with Crippen LogP contribution >= 0.6 is 11.6 Å². The molecular weight excluding hydrogens is 308 g/mol. The zero-order valence-corrected chi connectivity index (χ0v) is 12.8. The Labute approximate surface area is 132 Å². The van der Waals surface area contributed by atoms with Gasteiger partial charge >= 0.3 is 6.01 Å². The molecule has 0 saturated carbocycles. The number of carbonyl (C=O) groups excluding carboxylic acids is 1. The average Bonchev–Trinajstić information content (AvgIpc) is 2.96. The van der Waals surface area contributed by atoms with E-state index >= 15 is 0 Å². The second-order valence-corrected chi connectivity index (χ2v) is 5.58. The van der Waals surface area contributed by atoms with E-state index in [-0.39, 0.29) is 18.0 Å². The average molecular weight is 323 g/mol. The lowest BCUT2D eigenvalue weighted by Gasteiger charge is -2.31. The molecule has 116 valence electrons. The maximum absolute atomic E-state index is 12.4. The highest BCUT2D eigenvalue weighted by Gasteiger charge is 2.27. The number of aryl methyl sites for hydroxylation is 1. The molecule has 1 amide bonds. The minimum absolute atomic E-state index is 0.146. The number of hydrogen-bond acceptors (Lipinski definition) is 6. The van der Waals surface area contributed by atoms with Gasteiger partial charge < -0.3 is 14.2 Å². The van der Waals surface area contributed by atoms with Gasteiger partial charge in [0.25, 0.3) is 5.91 Å². The maximum Gasteiger partial charge on any atom is 0.316 e. The van der Waals surface area contributed by atoms with Crippen molar-refractivity contribution in [3.05, 3.63) is 34.9 Å². The number of aromatic nitrogens is 3. The van der Waals surface area contributed by atoms with Gasteiger partial charge in [-0.3, -0.25) is 4.79 Å². The summed E-state index contributed by atoms with van der Waals surface area (Å²) in [6.45, 7) is 2.90. The molecule has 7 nitrogen and oxygen atoms in total. The number of hydrogen-bond donors (Lipinski definition) is 0. The Kier molecular flexibility index (Phi) is 4.24. The molecule has 0 unspecified atom stereocenters. The minimum atomic E-state index is -0.151. The van der Waals surface area contributed by atoms with E-state index in [1.807, 2.05) is 0 Å². The minimum Gasteiger partial charge on any atom is -0.458 e. The van der Waals surface area contributed by atoms with Gasteiger partial charge in [0.05, 0.1) is 24.0 Å². The van der Waals surface area contributed by atoms with E-state index < -0.39 is 0 Å². The first-order chi connectivity index (χ1) is 10.6. The van der Waals surface area contributed by atoms with E-state index in [2.05, 4.69) is 15.1 Å². The van der Waals surface area contributed by atoms with Crippen LogP contribution in [0.25, 0.3) is 0 Å². The normalized spacial score (nSPS) is 18.3. The summed E-state index contributed by atoms with van der Waals surface area (Å²) in [5, 5.41) is 4.22. The Morgan fingerprint density at radius 2 is 2.23 bits per heavy atom. The molecule has 0 spiro atoms. The maximum atomic E-state index is 12.4. The van der Waals surface area contributed by atoms with Crippen molar-refractivity contribution in [3.63, 3.8) is 0 Å². The van der Waals surface area contributed by atoms with Gasteiger partial charge in [-0.05, 0) is 19.8 Å². The van der Waals surface area contributed by atoms with Gasteiger partial charge in [0.2, 0.25) is 0 Å². The number of likely N-dealkylation sites (tertiary alicyclic amines) is 1. The lowest BCUT2D eigenvalue weighted by molar-refractivity contribution is 0.0507. The smallest absolute Gasteiger partial charge is 0.316 e. The predicted molar refractivity (Wildman–Crippen MR) is 77.8 cm³/mol. The van der Waals surface area contributed by atoms with Gasteiger partial charge in [-0.1, -0.05) is 16.8 Å². The first-order valence-corrected chi connectivity index (χ1v) is 7.36. The zero-order chi connectivity index (χ0) is 15.5. The second kappa shape index (κ2) is 6.31. The number of carbonyl (C=O) groups is 1. The third kappa shape index (κ3) is 3.36. The summed E-state index contributed by atoms with van der Waals surface area (Å²) in [5.41, 5.74) is 0.320. The van der Waals surface area contributed by atoms with Crippen LogP contribution in [0, 0.1) is 6.92 Å². The quantitative estimate of drug-likeness (QED) is 0.861. The van der Waals surface area contributed by atoms with Crippen LogP contribution < -0.4 is 4.74 Å². The first-order valence-electron chi connectivity index (χ1n) is 6.98. The molecule has 3 rings (SSSR count). The molecule has 1 fully saturated rings. The second-order valence-electron chi connectivity index (χ2n) is 5.14. The number of rotatable bonds is 3. The van der Waals surface area contributed by atoms with Crippen molar-refractivity contribution in [3.8, 4) is 6.01 Å². The molecule has 0 radical (unpaired) electrons. The molecular formula is C14H15ClN4O3. The summed E-state index contributed by atoms with van der Waals surface area (Å²) in [6.07, 6.45) is 4.50. The van der Waals surface area contributed by atoms with Crippen LogP contribution in [0.2, 0.25) is 5.02 Å². The van der Waals surface area contributed by atoms with Crippen molar-refractivity contribution in [1.29, 1.82) is 0 Å². The Morgan fingerprint density at radius 3 is 2.91 bits per heavy atom. The summed E-state index contributed by atoms with van der Waals surface area (Å²) >= 11 is 5.74. The zero-order valence-electron chi connectivity index (χ0n) is 12.0. The molecule has 3 heterocycles. The highest BCUT2D eigenvalue weighted by molar-refractivity contribution is 6.30. The fraction of sp³-hybridized carbons (Fsp3) is 0.429. The van der Waals surface area contributed by atoms with Gasteiger partial charge in [-0.2, -0.15) is 0 Å². The van der Waals surface area contributed by atoms with Crippen molar-refractivity contribution in [2.75, 3.05) is 13.1 Å².